The van der Waals surface area contributed by atoms with Crippen molar-refractivity contribution in [2.24, 2.45) is 5.92 Å². The molecular formula is C18H23ClN4O3. The minimum atomic E-state index is -0.502. The first-order valence-corrected chi connectivity index (χ1v) is 8.45. The zero-order valence-corrected chi connectivity index (χ0v) is 15.4. The average molecular weight is 379 g/mol. The van der Waals surface area contributed by atoms with Crippen molar-refractivity contribution in [3.8, 4) is 5.69 Å². The third-order valence-corrected chi connectivity index (χ3v) is 4.61. The molecule has 2 heterocycles. The van der Waals surface area contributed by atoms with Crippen molar-refractivity contribution >= 4 is 18.3 Å². The quantitative estimate of drug-likeness (QED) is 0.831. The van der Waals surface area contributed by atoms with E-state index in [-0.39, 0.29) is 18.3 Å². The van der Waals surface area contributed by atoms with Crippen LogP contribution < -0.4 is 16.6 Å². The number of likely N-dealkylation sites (tertiary alicyclic amines) is 1. The maximum absolute atomic E-state index is 12.6. The van der Waals surface area contributed by atoms with Gasteiger partial charge < -0.3 is 10.2 Å². The van der Waals surface area contributed by atoms with Crippen molar-refractivity contribution in [3.05, 3.63) is 62.9 Å². The van der Waals surface area contributed by atoms with Gasteiger partial charge in [0.1, 0.15) is 0 Å². The van der Waals surface area contributed by atoms with E-state index in [4.69, 9.17) is 0 Å². The summed E-state index contributed by atoms with van der Waals surface area (Å²) in [4.78, 5) is 39.7. The largest absolute Gasteiger partial charge is 0.339 e. The molecule has 0 atom stereocenters. The Kier molecular flexibility index (Phi) is 6.76. The first-order chi connectivity index (χ1) is 12.1. The Hall–Kier alpha value is -2.38. The van der Waals surface area contributed by atoms with Crippen LogP contribution in [0.15, 0.2) is 46.1 Å². The molecule has 8 heteroatoms. The number of H-pyrrole nitrogens is 1. The predicted octanol–water partition coefficient (Wildman–Crippen LogP) is 1.02. The molecule has 3 rings (SSSR count). The first kappa shape index (κ1) is 19.9. The van der Waals surface area contributed by atoms with Gasteiger partial charge in [-0.1, -0.05) is 0 Å². The average Bonchev–Trinajstić information content (AvgIpc) is 2.62. The van der Waals surface area contributed by atoms with Crippen LogP contribution in [0.4, 0.5) is 0 Å². The maximum Gasteiger partial charge on any atom is 0.332 e. The van der Waals surface area contributed by atoms with Gasteiger partial charge in [0, 0.05) is 30.9 Å². The fourth-order valence-corrected chi connectivity index (χ4v) is 3.20. The van der Waals surface area contributed by atoms with Gasteiger partial charge in [-0.15, -0.1) is 12.4 Å². The highest BCUT2D eigenvalue weighted by atomic mass is 35.5. The van der Waals surface area contributed by atoms with Gasteiger partial charge >= 0.3 is 5.69 Å². The molecule has 140 valence electrons. The number of piperidine rings is 1. The van der Waals surface area contributed by atoms with Gasteiger partial charge in [0.15, 0.2) is 0 Å². The summed E-state index contributed by atoms with van der Waals surface area (Å²) in [6.45, 7) is 2.53. The van der Waals surface area contributed by atoms with Gasteiger partial charge in [0.25, 0.3) is 11.5 Å². The van der Waals surface area contributed by atoms with E-state index in [1.54, 1.807) is 24.3 Å². The molecule has 0 radical (unpaired) electrons. The second-order valence-electron chi connectivity index (χ2n) is 6.32. The highest BCUT2D eigenvalue weighted by Gasteiger charge is 2.23. The third-order valence-electron chi connectivity index (χ3n) is 4.61. The molecule has 0 bridgehead atoms. The van der Waals surface area contributed by atoms with E-state index in [9.17, 15) is 14.4 Å². The Bertz CT molecular complexity index is 852. The number of aromatic nitrogens is 2. The number of nitrogens with one attached hydrogen (secondary N) is 2. The van der Waals surface area contributed by atoms with Crippen molar-refractivity contribution in [3.63, 3.8) is 0 Å². The topological polar surface area (TPSA) is 87.2 Å². The van der Waals surface area contributed by atoms with Crippen LogP contribution >= 0.6 is 12.4 Å². The second kappa shape index (κ2) is 8.82. The molecule has 2 aromatic rings. The van der Waals surface area contributed by atoms with Crippen molar-refractivity contribution in [1.29, 1.82) is 0 Å². The molecule has 1 aliphatic rings. The number of aromatic amines is 1. The monoisotopic (exact) mass is 378 g/mol. The van der Waals surface area contributed by atoms with E-state index in [1.807, 2.05) is 11.9 Å². The molecule has 0 spiro atoms. The van der Waals surface area contributed by atoms with Gasteiger partial charge in [0.2, 0.25) is 0 Å². The number of carbonyl (C=O) groups is 1. The summed E-state index contributed by atoms with van der Waals surface area (Å²) in [5.74, 6) is 0.645. The molecular weight excluding hydrogens is 356 g/mol. The molecule has 1 saturated heterocycles. The highest BCUT2D eigenvalue weighted by Crippen LogP contribution is 2.19. The Labute approximate surface area is 157 Å². The second-order valence-corrected chi connectivity index (χ2v) is 6.32. The van der Waals surface area contributed by atoms with Crippen molar-refractivity contribution in [2.75, 3.05) is 26.7 Å². The van der Waals surface area contributed by atoms with Crippen molar-refractivity contribution in [2.45, 2.75) is 12.8 Å². The van der Waals surface area contributed by atoms with Gasteiger partial charge in [0.05, 0.1) is 5.69 Å². The first-order valence-electron chi connectivity index (χ1n) is 8.45. The van der Waals surface area contributed by atoms with Crippen LogP contribution in [0.5, 0.6) is 0 Å². The number of rotatable bonds is 4. The number of amides is 1. The van der Waals surface area contributed by atoms with E-state index >= 15 is 0 Å². The molecule has 1 fully saturated rings. The standard InChI is InChI=1S/C18H22N4O3.ClH/c1-19-12-13-6-9-21(10-7-13)17(24)14-2-4-15(5-3-14)22-11-8-16(23)20-18(22)25;/h2-5,8,11,13,19H,6-7,9-10,12H2,1H3,(H,20,23,25);1H. The SMILES string of the molecule is CNCC1CCN(C(=O)c2ccc(-n3ccc(=O)[nH]c3=O)cc2)CC1.Cl. The lowest BCUT2D eigenvalue weighted by molar-refractivity contribution is 0.0691. The van der Waals surface area contributed by atoms with Gasteiger partial charge in [-0.05, 0) is 56.6 Å². The summed E-state index contributed by atoms with van der Waals surface area (Å²) in [5, 5.41) is 3.19. The van der Waals surface area contributed by atoms with Crippen LogP contribution in [0.25, 0.3) is 5.69 Å². The summed E-state index contributed by atoms with van der Waals surface area (Å²) in [7, 11) is 1.95. The summed E-state index contributed by atoms with van der Waals surface area (Å²) in [5.41, 5.74) is 0.270. The van der Waals surface area contributed by atoms with Crippen LogP contribution in [0, 0.1) is 5.92 Å². The fourth-order valence-electron chi connectivity index (χ4n) is 3.20. The van der Waals surface area contributed by atoms with Crippen LogP contribution in [0.1, 0.15) is 23.2 Å². The summed E-state index contributed by atoms with van der Waals surface area (Å²) in [6.07, 6.45) is 3.44. The van der Waals surface area contributed by atoms with Crippen LogP contribution in [-0.4, -0.2) is 47.0 Å². The molecule has 0 aliphatic carbocycles. The molecule has 1 amide bonds. The van der Waals surface area contributed by atoms with Crippen LogP contribution in [0.2, 0.25) is 0 Å². The number of hydrogen-bond donors (Lipinski definition) is 2. The summed E-state index contributed by atoms with van der Waals surface area (Å²) < 4.78 is 1.33. The number of halogens is 1. The highest BCUT2D eigenvalue weighted by molar-refractivity contribution is 5.94. The normalized spacial score (nSPS) is 14.7. The van der Waals surface area contributed by atoms with Gasteiger partial charge in [-0.25, -0.2) is 4.79 Å². The lowest BCUT2D eigenvalue weighted by atomic mass is 9.96. The zero-order chi connectivity index (χ0) is 17.8. The summed E-state index contributed by atoms with van der Waals surface area (Å²) in [6, 6.07) is 8.14. The van der Waals surface area contributed by atoms with Crippen LogP contribution in [0.3, 0.4) is 0 Å². The molecule has 0 saturated carbocycles. The van der Waals surface area contributed by atoms with Gasteiger partial charge in [-0.3, -0.25) is 19.1 Å². The zero-order valence-electron chi connectivity index (χ0n) is 14.6. The number of nitrogens with zero attached hydrogens (tertiary/aromatic N) is 2. The molecule has 7 nitrogen and oxygen atoms in total. The number of benzene rings is 1. The van der Waals surface area contributed by atoms with Gasteiger partial charge in [-0.2, -0.15) is 0 Å². The Balaban J connectivity index is 0.00000243. The van der Waals surface area contributed by atoms with E-state index in [2.05, 4.69) is 10.3 Å². The van der Waals surface area contributed by atoms with E-state index < -0.39 is 11.2 Å². The maximum atomic E-state index is 12.6. The Morgan fingerprint density at radius 2 is 1.81 bits per heavy atom. The molecule has 1 aliphatic heterocycles. The molecule has 26 heavy (non-hydrogen) atoms. The third kappa shape index (κ3) is 4.42. The smallest absolute Gasteiger partial charge is 0.332 e. The van der Waals surface area contributed by atoms with Crippen molar-refractivity contribution < 1.29 is 4.79 Å². The number of carbonyl (C=O) groups excluding carboxylic acids is 1. The lowest BCUT2D eigenvalue weighted by Gasteiger charge is -2.32. The molecule has 1 aromatic heterocycles. The van der Waals surface area contributed by atoms with Crippen molar-refractivity contribution in [1.82, 2.24) is 19.8 Å². The van der Waals surface area contributed by atoms with E-state index in [0.717, 1.165) is 32.5 Å². The van der Waals surface area contributed by atoms with Crippen LogP contribution in [-0.2, 0) is 0 Å². The molecule has 2 N–H and O–H groups in total. The molecule has 1 aromatic carbocycles. The summed E-state index contributed by atoms with van der Waals surface area (Å²) >= 11 is 0. The number of hydrogen-bond acceptors (Lipinski definition) is 4. The van der Waals surface area contributed by atoms with E-state index in [1.165, 1.54) is 16.8 Å². The minimum absolute atomic E-state index is 0. The molecule has 0 unspecified atom stereocenters. The lowest BCUT2D eigenvalue weighted by Crippen LogP contribution is -2.40. The Morgan fingerprint density at radius 3 is 2.38 bits per heavy atom. The minimum Gasteiger partial charge on any atom is -0.339 e. The Morgan fingerprint density at radius 1 is 1.15 bits per heavy atom. The fraction of sp³-hybridized carbons (Fsp3) is 0.389. The van der Waals surface area contributed by atoms with E-state index in [0.29, 0.717) is 17.2 Å². The predicted molar refractivity (Wildman–Crippen MR) is 102 cm³/mol.